The van der Waals surface area contributed by atoms with E-state index in [0.29, 0.717) is 0 Å². The normalized spacial score (nSPS) is 14.9. The van der Waals surface area contributed by atoms with E-state index in [1.165, 1.54) is 41.4 Å². The number of hydrogen-bond acceptors (Lipinski definition) is 2. The van der Waals surface area contributed by atoms with Crippen LogP contribution in [0.4, 0.5) is 0 Å². The van der Waals surface area contributed by atoms with Gasteiger partial charge < -0.3 is 10.4 Å². The molecule has 3 nitrogen and oxygen atoms in total. The van der Waals surface area contributed by atoms with Crippen LogP contribution in [0.1, 0.15) is 24.8 Å². The molecule has 0 aliphatic heterocycles. The second-order valence-electron chi connectivity index (χ2n) is 4.23. The largest absolute Gasteiger partial charge is 0.361 e. The van der Waals surface area contributed by atoms with E-state index in [1.54, 1.807) is 0 Å². The fraction of sp³-hybridized carbons (Fsp3) is 0.308. The number of nitrogens with one attached hydrogen (secondary N) is 2. The summed E-state index contributed by atoms with van der Waals surface area (Å²) in [5.41, 5.74) is 6.94. The molecular formula is C13H15N3. The number of hydrogen-bond donors (Lipinski definition) is 2. The van der Waals surface area contributed by atoms with Crippen molar-refractivity contribution in [3.63, 3.8) is 0 Å². The Kier molecular flexibility index (Phi) is 2.37. The Balaban J connectivity index is 1.75. The van der Waals surface area contributed by atoms with E-state index in [-0.39, 0.29) is 0 Å². The molecule has 3 rings (SSSR count). The summed E-state index contributed by atoms with van der Waals surface area (Å²) in [5, 5.41) is 5.63. The topological polar surface area (TPSA) is 40.2 Å². The highest BCUT2D eigenvalue weighted by molar-refractivity contribution is 5.89. The van der Waals surface area contributed by atoms with Crippen LogP contribution in [-0.4, -0.2) is 10.7 Å². The van der Waals surface area contributed by atoms with Crippen molar-refractivity contribution in [1.82, 2.24) is 10.4 Å². The number of rotatable bonds is 3. The summed E-state index contributed by atoms with van der Waals surface area (Å²) in [6.07, 6.45) is 5.61. The van der Waals surface area contributed by atoms with Crippen LogP contribution >= 0.6 is 0 Å². The second kappa shape index (κ2) is 4.00. The van der Waals surface area contributed by atoms with E-state index in [4.69, 9.17) is 0 Å². The van der Waals surface area contributed by atoms with Gasteiger partial charge >= 0.3 is 0 Å². The first-order chi connectivity index (χ1) is 7.93. The summed E-state index contributed by atoms with van der Waals surface area (Å²) in [7, 11) is 0. The van der Waals surface area contributed by atoms with Crippen molar-refractivity contribution >= 4 is 16.6 Å². The first kappa shape index (κ1) is 9.46. The second-order valence-corrected chi connectivity index (χ2v) is 4.23. The van der Waals surface area contributed by atoms with E-state index in [1.807, 2.05) is 6.20 Å². The zero-order valence-corrected chi connectivity index (χ0v) is 9.16. The monoisotopic (exact) mass is 213 g/mol. The maximum Gasteiger partial charge on any atom is 0.0600 e. The summed E-state index contributed by atoms with van der Waals surface area (Å²) in [4.78, 5) is 3.27. The van der Waals surface area contributed by atoms with Gasteiger partial charge in [-0.2, -0.15) is 5.10 Å². The van der Waals surface area contributed by atoms with E-state index in [2.05, 4.69) is 39.8 Å². The molecule has 1 fully saturated rings. The van der Waals surface area contributed by atoms with Crippen LogP contribution in [0.25, 0.3) is 10.9 Å². The minimum atomic E-state index is 0.793. The first-order valence-corrected chi connectivity index (χ1v) is 5.77. The van der Waals surface area contributed by atoms with Gasteiger partial charge in [0.05, 0.1) is 12.1 Å². The zero-order chi connectivity index (χ0) is 10.8. The van der Waals surface area contributed by atoms with Gasteiger partial charge in [-0.25, -0.2) is 0 Å². The maximum atomic E-state index is 4.37. The van der Waals surface area contributed by atoms with Gasteiger partial charge in [-0.05, 0) is 36.3 Å². The van der Waals surface area contributed by atoms with Crippen molar-refractivity contribution < 1.29 is 0 Å². The molecule has 3 heteroatoms. The molecule has 0 atom stereocenters. The van der Waals surface area contributed by atoms with Gasteiger partial charge in [-0.3, -0.25) is 0 Å². The van der Waals surface area contributed by atoms with E-state index >= 15 is 0 Å². The summed E-state index contributed by atoms with van der Waals surface area (Å²) in [5.74, 6) is 0. The first-order valence-electron chi connectivity index (χ1n) is 5.77. The SMILES string of the molecule is c1cc(CNN=C2CCC2)c2[nH]ccc2c1. The molecule has 16 heavy (non-hydrogen) atoms. The maximum absolute atomic E-state index is 4.37. The van der Waals surface area contributed by atoms with Crippen molar-refractivity contribution in [3.05, 3.63) is 36.0 Å². The Bertz CT molecular complexity index is 519. The molecule has 1 aliphatic carbocycles. The standard InChI is InChI=1S/C13H15N3/c1-3-10-7-8-14-13(10)11(4-1)9-15-16-12-5-2-6-12/h1,3-4,7-8,14-15H,2,5-6,9H2. The van der Waals surface area contributed by atoms with Crippen molar-refractivity contribution in [2.75, 3.05) is 0 Å². The fourth-order valence-electron chi connectivity index (χ4n) is 1.98. The molecule has 0 spiro atoms. The quantitative estimate of drug-likeness (QED) is 0.756. The average Bonchev–Trinajstić information content (AvgIpc) is 2.70. The molecule has 1 aromatic heterocycles. The van der Waals surface area contributed by atoms with Crippen molar-refractivity contribution in [2.24, 2.45) is 5.10 Å². The average molecular weight is 213 g/mol. The third-order valence-electron chi connectivity index (χ3n) is 3.11. The Labute approximate surface area is 94.6 Å². The number of nitrogens with zero attached hydrogens (tertiary/aromatic N) is 1. The lowest BCUT2D eigenvalue weighted by Gasteiger charge is -2.14. The van der Waals surface area contributed by atoms with Crippen molar-refractivity contribution in [2.45, 2.75) is 25.8 Å². The van der Waals surface area contributed by atoms with Gasteiger partial charge in [-0.1, -0.05) is 18.2 Å². The smallest absolute Gasteiger partial charge is 0.0600 e. The van der Waals surface area contributed by atoms with Gasteiger partial charge in [0.2, 0.25) is 0 Å². The van der Waals surface area contributed by atoms with Crippen LogP contribution in [-0.2, 0) is 6.54 Å². The Morgan fingerprint density at radius 1 is 1.25 bits per heavy atom. The third-order valence-corrected chi connectivity index (χ3v) is 3.11. The molecule has 0 unspecified atom stereocenters. The summed E-state index contributed by atoms with van der Waals surface area (Å²) < 4.78 is 0. The fourth-order valence-corrected chi connectivity index (χ4v) is 1.98. The van der Waals surface area contributed by atoms with Crippen LogP contribution in [0.5, 0.6) is 0 Å². The van der Waals surface area contributed by atoms with Crippen LogP contribution in [0.3, 0.4) is 0 Å². The third kappa shape index (κ3) is 1.69. The number of hydrazone groups is 1. The summed E-state index contributed by atoms with van der Waals surface area (Å²) in [6.45, 7) is 0.793. The lowest BCUT2D eigenvalue weighted by Crippen LogP contribution is -2.16. The molecule has 1 aliphatic rings. The molecule has 1 heterocycles. The minimum Gasteiger partial charge on any atom is -0.361 e. The highest BCUT2D eigenvalue weighted by atomic mass is 15.3. The zero-order valence-electron chi connectivity index (χ0n) is 9.16. The number of aromatic amines is 1. The molecular weight excluding hydrogens is 198 g/mol. The van der Waals surface area contributed by atoms with Gasteiger partial charge in [0, 0.05) is 11.9 Å². The van der Waals surface area contributed by atoms with Crippen LogP contribution in [0, 0.1) is 0 Å². The van der Waals surface area contributed by atoms with E-state index < -0.39 is 0 Å². The van der Waals surface area contributed by atoms with Crippen molar-refractivity contribution in [1.29, 1.82) is 0 Å². The van der Waals surface area contributed by atoms with Gasteiger partial charge in [0.1, 0.15) is 0 Å². The summed E-state index contributed by atoms with van der Waals surface area (Å²) >= 11 is 0. The molecule has 82 valence electrons. The predicted molar refractivity (Wildman–Crippen MR) is 66.4 cm³/mol. The molecule has 2 N–H and O–H groups in total. The molecule has 1 aromatic carbocycles. The highest BCUT2D eigenvalue weighted by Crippen LogP contribution is 2.17. The number of H-pyrrole nitrogens is 1. The molecule has 0 radical (unpaired) electrons. The van der Waals surface area contributed by atoms with Crippen LogP contribution in [0.2, 0.25) is 0 Å². The Morgan fingerprint density at radius 2 is 2.19 bits per heavy atom. The number of aromatic nitrogens is 1. The lowest BCUT2D eigenvalue weighted by atomic mass is 9.98. The van der Waals surface area contributed by atoms with Crippen LogP contribution < -0.4 is 5.43 Å². The van der Waals surface area contributed by atoms with Gasteiger partial charge in [-0.15, -0.1) is 0 Å². The molecule has 0 amide bonds. The van der Waals surface area contributed by atoms with Crippen LogP contribution in [0.15, 0.2) is 35.6 Å². The Hall–Kier alpha value is -1.77. The van der Waals surface area contributed by atoms with Crippen molar-refractivity contribution in [3.8, 4) is 0 Å². The molecule has 0 bridgehead atoms. The Morgan fingerprint density at radius 3 is 3.00 bits per heavy atom. The van der Waals surface area contributed by atoms with E-state index in [0.717, 1.165) is 6.54 Å². The number of para-hydroxylation sites is 1. The minimum absolute atomic E-state index is 0.793. The number of benzene rings is 1. The molecule has 2 aromatic rings. The molecule has 1 saturated carbocycles. The molecule has 0 saturated heterocycles. The van der Waals surface area contributed by atoms with Gasteiger partial charge in [0.25, 0.3) is 0 Å². The van der Waals surface area contributed by atoms with E-state index in [9.17, 15) is 0 Å². The lowest BCUT2D eigenvalue weighted by molar-refractivity contribution is 0.703. The number of fused-ring (bicyclic) bond motifs is 1. The summed E-state index contributed by atoms with van der Waals surface area (Å²) in [6, 6.07) is 8.43. The predicted octanol–water partition coefficient (Wildman–Crippen LogP) is 2.80. The van der Waals surface area contributed by atoms with Gasteiger partial charge in [0.15, 0.2) is 0 Å². The highest BCUT2D eigenvalue weighted by Gasteiger charge is 2.09.